The molecule has 1 unspecified atom stereocenters. The molecule has 3 rings (SSSR count). The Morgan fingerprint density at radius 2 is 1.81 bits per heavy atom. The average molecular weight is 393 g/mol. The van der Waals surface area contributed by atoms with Gasteiger partial charge in [-0.1, -0.05) is 11.6 Å². The van der Waals surface area contributed by atoms with Gasteiger partial charge < -0.3 is 15.0 Å². The summed E-state index contributed by atoms with van der Waals surface area (Å²) in [5, 5.41) is 2.78. The lowest BCUT2D eigenvalue weighted by Gasteiger charge is -2.28. The fourth-order valence-corrected chi connectivity index (χ4v) is 3.77. The maximum absolute atomic E-state index is 12.2. The number of thiophene rings is 1. The lowest BCUT2D eigenvalue weighted by Crippen LogP contribution is -2.30. The van der Waals surface area contributed by atoms with Crippen LogP contribution in [0.3, 0.4) is 0 Å². The van der Waals surface area contributed by atoms with E-state index in [-0.39, 0.29) is 5.91 Å². The molecule has 0 radical (unpaired) electrons. The van der Waals surface area contributed by atoms with Crippen molar-refractivity contribution < 1.29 is 14.3 Å². The summed E-state index contributed by atoms with van der Waals surface area (Å²) >= 11 is 6.93. The van der Waals surface area contributed by atoms with Crippen LogP contribution in [0.5, 0.6) is 0 Å². The molecule has 1 N–H and O–H groups in total. The summed E-state index contributed by atoms with van der Waals surface area (Å²) in [6.45, 7) is 3.70. The zero-order valence-corrected chi connectivity index (χ0v) is 16.1. The van der Waals surface area contributed by atoms with Gasteiger partial charge in [0, 0.05) is 24.5 Å². The summed E-state index contributed by atoms with van der Waals surface area (Å²) in [5.41, 5.74) is 1.84. The van der Waals surface area contributed by atoms with Crippen LogP contribution in [0, 0.1) is 0 Å². The predicted octanol–water partition coefficient (Wildman–Crippen LogP) is 4.58. The molecule has 0 bridgehead atoms. The third-order valence-electron chi connectivity index (χ3n) is 4.28. The normalized spacial score (nSPS) is 15.4. The van der Waals surface area contributed by atoms with E-state index >= 15 is 0 Å². The summed E-state index contributed by atoms with van der Waals surface area (Å²) in [6, 6.07) is 11.0. The van der Waals surface area contributed by atoms with Crippen molar-refractivity contribution in [1.29, 1.82) is 0 Å². The quantitative estimate of drug-likeness (QED) is 0.757. The van der Waals surface area contributed by atoms with Gasteiger partial charge in [-0.3, -0.25) is 4.79 Å². The Labute approximate surface area is 161 Å². The minimum Gasteiger partial charge on any atom is -0.448 e. The lowest BCUT2D eigenvalue weighted by atomic mass is 10.1. The standard InChI is InChI=1S/C19H21ClN2O3S/c1-13(25-19(24)16-9-10-17(20)26-16)18(23)21-14-5-7-15(8-6-14)22-11-3-2-4-12-22/h5-10,13H,2-4,11-12H2,1H3,(H,21,23). The maximum atomic E-state index is 12.2. The van der Waals surface area contributed by atoms with E-state index < -0.39 is 12.1 Å². The highest BCUT2D eigenvalue weighted by atomic mass is 35.5. The largest absolute Gasteiger partial charge is 0.448 e. The maximum Gasteiger partial charge on any atom is 0.349 e. The molecule has 2 aromatic rings. The van der Waals surface area contributed by atoms with E-state index in [9.17, 15) is 9.59 Å². The fraction of sp³-hybridized carbons (Fsp3) is 0.368. The summed E-state index contributed by atoms with van der Waals surface area (Å²) in [4.78, 5) is 27.0. The average Bonchev–Trinajstić information content (AvgIpc) is 3.09. The van der Waals surface area contributed by atoms with E-state index in [1.165, 1.54) is 19.3 Å². The number of piperidine rings is 1. The molecule has 1 aromatic heterocycles. The highest BCUT2D eigenvalue weighted by Crippen LogP contribution is 2.23. The molecule has 0 aliphatic carbocycles. The van der Waals surface area contributed by atoms with Crippen LogP contribution in [0.25, 0.3) is 0 Å². The van der Waals surface area contributed by atoms with Crippen molar-refractivity contribution >= 4 is 46.2 Å². The molecule has 1 amide bonds. The number of benzene rings is 1. The third-order valence-corrected chi connectivity index (χ3v) is 5.49. The number of hydrogen-bond acceptors (Lipinski definition) is 5. The number of anilines is 2. The Kier molecular flexibility index (Phi) is 6.16. The molecule has 26 heavy (non-hydrogen) atoms. The molecule has 138 valence electrons. The van der Waals surface area contributed by atoms with Crippen LogP contribution in [-0.4, -0.2) is 31.1 Å². The second-order valence-corrected chi connectivity index (χ2v) is 7.95. The van der Waals surface area contributed by atoms with E-state index in [2.05, 4.69) is 10.2 Å². The second-order valence-electron chi connectivity index (χ2n) is 6.24. The van der Waals surface area contributed by atoms with Crippen molar-refractivity contribution in [3.8, 4) is 0 Å². The van der Waals surface area contributed by atoms with Gasteiger partial charge in [-0.25, -0.2) is 4.79 Å². The molecule has 0 saturated carbocycles. The van der Waals surface area contributed by atoms with Gasteiger partial charge in [-0.05, 0) is 62.6 Å². The number of carbonyl (C=O) groups is 2. The first-order chi connectivity index (χ1) is 12.5. The van der Waals surface area contributed by atoms with Crippen LogP contribution < -0.4 is 10.2 Å². The molecule has 5 nitrogen and oxygen atoms in total. The van der Waals surface area contributed by atoms with Gasteiger partial charge in [-0.15, -0.1) is 11.3 Å². The second kappa shape index (κ2) is 8.56. The molecule has 1 saturated heterocycles. The Hall–Kier alpha value is -2.05. The number of rotatable bonds is 5. The van der Waals surface area contributed by atoms with E-state index in [1.54, 1.807) is 19.1 Å². The number of ether oxygens (including phenoxy) is 1. The molecular weight excluding hydrogens is 372 g/mol. The van der Waals surface area contributed by atoms with E-state index in [1.807, 2.05) is 24.3 Å². The number of amides is 1. The lowest BCUT2D eigenvalue weighted by molar-refractivity contribution is -0.123. The fourth-order valence-electron chi connectivity index (χ4n) is 2.85. The first-order valence-corrected chi connectivity index (χ1v) is 9.84. The highest BCUT2D eigenvalue weighted by Gasteiger charge is 2.20. The molecule has 0 spiro atoms. The Morgan fingerprint density at radius 1 is 1.12 bits per heavy atom. The zero-order chi connectivity index (χ0) is 18.5. The van der Waals surface area contributed by atoms with Gasteiger partial charge in [-0.2, -0.15) is 0 Å². The molecule has 1 aromatic carbocycles. The molecule has 1 aliphatic rings. The topological polar surface area (TPSA) is 58.6 Å². The first kappa shape index (κ1) is 18.7. The van der Waals surface area contributed by atoms with Crippen LogP contribution in [0.1, 0.15) is 35.9 Å². The number of esters is 1. The number of halogens is 1. The number of carbonyl (C=O) groups excluding carboxylic acids is 2. The van der Waals surface area contributed by atoms with Crippen molar-refractivity contribution in [3.63, 3.8) is 0 Å². The van der Waals surface area contributed by atoms with E-state index in [4.69, 9.17) is 16.3 Å². The third kappa shape index (κ3) is 4.77. The number of nitrogens with one attached hydrogen (secondary N) is 1. The monoisotopic (exact) mass is 392 g/mol. The van der Waals surface area contributed by atoms with Gasteiger partial charge in [0.15, 0.2) is 6.10 Å². The Balaban J connectivity index is 1.54. The molecule has 2 heterocycles. The van der Waals surface area contributed by atoms with Gasteiger partial charge in [0.1, 0.15) is 4.88 Å². The summed E-state index contributed by atoms with van der Waals surface area (Å²) in [7, 11) is 0. The van der Waals surface area contributed by atoms with E-state index in [0.29, 0.717) is 14.9 Å². The number of hydrogen-bond donors (Lipinski definition) is 1. The first-order valence-electron chi connectivity index (χ1n) is 8.65. The van der Waals surface area contributed by atoms with Gasteiger partial charge >= 0.3 is 5.97 Å². The van der Waals surface area contributed by atoms with Crippen LogP contribution in [-0.2, 0) is 9.53 Å². The smallest absolute Gasteiger partial charge is 0.349 e. The van der Waals surface area contributed by atoms with Gasteiger partial charge in [0.05, 0.1) is 4.34 Å². The Morgan fingerprint density at radius 3 is 2.42 bits per heavy atom. The zero-order valence-electron chi connectivity index (χ0n) is 14.5. The van der Waals surface area contributed by atoms with Crippen molar-refractivity contribution in [2.45, 2.75) is 32.3 Å². The van der Waals surface area contributed by atoms with Crippen molar-refractivity contribution in [2.75, 3.05) is 23.3 Å². The summed E-state index contributed by atoms with van der Waals surface area (Å²) in [6.07, 6.45) is 2.83. The van der Waals surface area contributed by atoms with E-state index in [0.717, 1.165) is 30.1 Å². The minimum atomic E-state index is -0.898. The van der Waals surface area contributed by atoms with Crippen LogP contribution >= 0.6 is 22.9 Å². The van der Waals surface area contributed by atoms with Crippen molar-refractivity contribution in [2.24, 2.45) is 0 Å². The van der Waals surface area contributed by atoms with Crippen LogP contribution in [0.2, 0.25) is 4.34 Å². The minimum absolute atomic E-state index is 0.369. The highest BCUT2D eigenvalue weighted by molar-refractivity contribution is 7.17. The number of nitrogens with zero attached hydrogens (tertiary/aromatic N) is 1. The van der Waals surface area contributed by atoms with Crippen molar-refractivity contribution in [1.82, 2.24) is 0 Å². The summed E-state index contributed by atoms with van der Waals surface area (Å²) in [5.74, 6) is -0.920. The molecule has 1 atom stereocenters. The van der Waals surface area contributed by atoms with Gasteiger partial charge in [0.2, 0.25) is 0 Å². The van der Waals surface area contributed by atoms with Gasteiger partial charge in [0.25, 0.3) is 5.91 Å². The van der Waals surface area contributed by atoms with Crippen molar-refractivity contribution in [3.05, 3.63) is 45.6 Å². The SMILES string of the molecule is CC(OC(=O)c1ccc(Cl)s1)C(=O)Nc1ccc(N2CCCCC2)cc1. The van der Waals surface area contributed by atoms with Crippen LogP contribution in [0.4, 0.5) is 11.4 Å². The Bertz CT molecular complexity index is 769. The molecule has 7 heteroatoms. The molecular formula is C19H21ClN2O3S. The molecule has 1 fully saturated rings. The predicted molar refractivity (Wildman–Crippen MR) is 105 cm³/mol. The summed E-state index contributed by atoms with van der Waals surface area (Å²) < 4.78 is 5.70. The van der Waals surface area contributed by atoms with Crippen LogP contribution in [0.15, 0.2) is 36.4 Å². The molecule has 1 aliphatic heterocycles.